The van der Waals surface area contributed by atoms with Gasteiger partial charge in [0.15, 0.2) is 0 Å². The van der Waals surface area contributed by atoms with Gasteiger partial charge in [-0.3, -0.25) is 0 Å². The quantitative estimate of drug-likeness (QED) is 0.545. The Hall–Kier alpha value is -0.0400. The second-order valence-electron chi connectivity index (χ2n) is 4.02. The highest BCUT2D eigenvalue weighted by atomic mass is 16.3. The molecule has 0 aliphatic heterocycles. The Morgan fingerprint density at radius 2 is 1.50 bits per heavy atom. The summed E-state index contributed by atoms with van der Waals surface area (Å²) in [5.74, 6) is 1.75. The highest BCUT2D eigenvalue weighted by Crippen LogP contribution is 2.39. The fourth-order valence-electron chi connectivity index (χ4n) is 2.70. The van der Waals surface area contributed by atoms with Crippen molar-refractivity contribution in [2.45, 2.75) is 44.6 Å². The molecule has 2 atom stereocenters. The van der Waals surface area contributed by atoms with Gasteiger partial charge < -0.3 is 5.11 Å². The molecule has 2 rings (SSSR count). The predicted octanol–water partition coefficient (Wildman–Crippen LogP) is 1.95. The number of rotatable bonds is 0. The molecule has 0 aromatic carbocycles. The van der Waals surface area contributed by atoms with E-state index < -0.39 is 0 Å². The summed E-state index contributed by atoms with van der Waals surface area (Å²) in [6, 6.07) is 0. The van der Waals surface area contributed by atoms with Gasteiger partial charge in [0.25, 0.3) is 0 Å². The van der Waals surface area contributed by atoms with E-state index in [0.29, 0.717) is 0 Å². The number of aliphatic hydroxyl groups excluding tert-OH is 1. The van der Waals surface area contributed by atoms with Crippen molar-refractivity contribution >= 4 is 0 Å². The van der Waals surface area contributed by atoms with E-state index in [1.165, 1.54) is 25.7 Å². The van der Waals surface area contributed by atoms with Crippen molar-refractivity contribution in [3.05, 3.63) is 0 Å². The smallest absolute Gasteiger partial charge is 0.0545 e. The highest BCUT2D eigenvalue weighted by molar-refractivity contribution is 4.82. The summed E-state index contributed by atoms with van der Waals surface area (Å²) in [6.45, 7) is 0. The van der Waals surface area contributed by atoms with Crippen LogP contribution in [0.15, 0.2) is 0 Å². The largest absolute Gasteiger partial charge is 0.393 e. The average Bonchev–Trinajstić information content (AvgIpc) is 1.85. The topological polar surface area (TPSA) is 20.2 Å². The summed E-state index contributed by atoms with van der Waals surface area (Å²) in [6.07, 6.45) is 7.83. The van der Waals surface area contributed by atoms with E-state index in [-0.39, 0.29) is 6.10 Å². The normalized spacial score (nSPS) is 47.1. The monoisotopic (exact) mass is 140 g/mol. The van der Waals surface area contributed by atoms with Crippen molar-refractivity contribution in [1.82, 2.24) is 0 Å². The molecule has 0 aromatic heterocycles. The van der Waals surface area contributed by atoms with Gasteiger partial charge in [0.05, 0.1) is 6.10 Å². The van der Waals surface area contributed by atoms with Crippen molar-refractivity contribution in [3.63, 3.8) is 0 Å². The lowest BCUT2D eigenvalue weighted by Gasteiger charge is -2.36. The molecule has 1 nitrogen and oxygen atoms in total. The van der Waals surface area contributed by atoms with E-state index in [1.54, 1.807) is 0 Å². The molecule has 2 bridgehead atoms. The van der Waals surface area contributed by atoms with Crippen molar-refractivity contribution < 1.29 is 5.11 Å². The van der Waals surface area contributed by atoms with Crippen molar-refractivity contribution in [2.75, 3.05) is 0 Å². The molecule has 0 radical (unpaired) electrons. The maximum atomic E-state index is 9.42. The molecule has 2 saturated carbocycles. The first-order valence-electron chi connectivity index (χ1n) is 4.52. The van der Waals surface area contributed by atoms with Crippen LogP contribution >= 0.6 is 0 Å². The minimum absolute atomic E-state index is 0.0454. The SMILES string of the molecule is OC1C[C@H]2CCC[C@H](C1)C2. The molecule has 0 unspecified atom stereocenters. The van der Waals surface area contributed by atoms with Gasteiger partial charge in [0.2, 0.25) is 0 Å². The van der Waals surface area contributed by atoms with Crippen LogP contribution in [0.25, 0.3) is 0 Å². The molecule has 1 N–H and O–H groups in total. The van der Waals surface area contributed by atoms with E-state index in [1.807, 2.05) is 0 Å². The van der Waals surface area contributed by atoms with Crippen molar-refractivity contribution in [1.29, 1.82) is 0 Å². The summed E-state index contributed by atoms with van der Waals surface area (Å²) in [5.41, 5.74) is 0. The van der Waals surface area contributed by atoms with Crippen LogP contribution in [0.1, 0.15) is 38.5 Å². The Bertz CT molecular complexity index is 106. The Labute approximate surface area is 62.4 Å². The number of aliphatic hydroxyl groups is 1. The van der Waals surface area contributed by atoms with Gasteiger partial charge in [-0.05, 0) is 31.1 Å². The number of fused-ring (bicyclic) bond motifs is 2. The summed E-state index contributed by atoms with van der Waals surface area (Å²) in [4.78, 5) is 0. The molecule has 1 heteroatoms. The van der Waals surface area contributed by atoms with Gasteiger partial charge >= 0.3 is 0 Å². The van der Waals surface area contributed by atoms with Crippen LogP contribution in [0.5, 0.6) is 0 Å². The molecule has 0 amide bonds. The third-order valence-electron chi connectivity index (χ3n) is 3.10. The zero-order chi connectivity index (χ0) is 6.97. The van der Waals surface area contributed by atoms with Crippen LogP contribution in [0.2, 0.25) is 0 Å². The Morgan fingerprint density at radius 3 is 2.10 bits per heavy atom. The van der Waals surface area contributed by atoms with Gasteiger partial charge in [0.1, 0.15) is 0 Å². The zero-order valence-electron chi connectivity index (χ0n) is 6.42. The first-order chi connectivity index (χ1) is 4.84. The van der Waals surface area contributed by atoms with E-state index in [9.17, 15) is 5.11 Å². The van der Waals surface area contributed by atoms with Crippen LogP contribution < -0.4 is 0 Å². The van der Waals surface area contributed by atoms with Gasteiger partial charge in [-0.15, -0.1) is 0 Å². The van der Waals surface area contributed by atoms with Gasteiger partial charge in [-0.1, -0.05) is 19.3 Å². The van der Waals surface area contributed by atoms with Crippen LogP contribution in [0, 0.1) is 11.8 Å². The maximum absolute atomic E-state index is 9.42. The lowest BCUT2D eigenvalue weighted by Crippen LogP contribution is -2.29. The van der Waals surface area contributed by atoms with E-state index in [2.05, 4.69) is 0 Å². The molecule has 0 spiro atoms. The van der Waals surface area contributed by atoms with Crippen LogP contribution in [0.4, 0.5) is 0 Å². The average molecular weight is 140 g/mol. The molecule has 58 valence electrons. The van der Waals surface area contributed by atoms with Crippen molar-refractivity contribution in [2.24, 2.45) is 11.8 Å². The minimum atomic E-state index is 0.0454. The molecule has 0 aromatic rings. The van der Waals surface area contributed by atoms with Gasteiger partial charge in [-0.25, -0.2) is 0 Å². The van der Waals surface area contributed by atoms with Gasteiger partial charge in [-0.2, -0.15) is 0 Å². The first kappa shape index (κ1) is 6.66. The Kier molecular flexibility index (Phi) is 1.69. The van der Waals surface area contributed by atoms with E-state index in [0.717, 1.165) is 24.7 Å². The molecule has 2 aliphatic rings. The lowest BCUT2D eigenvalue weighted by atomic mass is 9.71. The van der Waals surface area contributed by atoms with Crippen LogP contribution in [-0.4, -0.2) is 11.2 Å². The lowest BCUT2D eigenvalue weighted by molar-refractivity contribution is 0.0457. The molecule has 10 heavy (non-hydrogen) atoms. The third-order valence-corrected chi connectivity index (χ3v) is 3.10. The van der Waals surface area contributed by atoms with E-state index >= 15 is 0 Å². The standard InChI is InChI=1S/C9H16O/c10-9-5-7-2-1-3-8(4-7)6-9/h7-10H,1-6H2/t7-,8-/m0/s1. The van der Waals surface area contributed by atoms with Gasteiger partial charge in [0, 0.05) is 0 Å². The van der Waals surface area contributed by atoms with Crippen LogP contribution in [-0.2, 0) is 0 Å². The molecular formula is C9H16O. The fourth-order valence-corrected chi connectivity index (χ4v) is 2.70. The van der Waals surface area contributed by atoms with Crippen molar-refractivity contribution in [3.8, 4) is 0 Å². The third kappa shape index (κ3) is 1.20. The molecule has 2 fully saturated rings. The Morgan fingerprint density at radius 1 is 0.900 bits per heavy atom. The zero-order valence-corrected chi connectivity index (χ0v) is 6.42. The van der Waals surface area contributed by atoms with Crippen LogP contribution in [0.3, 0.4) is 0 Å². The van der Waals surface area contributed by atoms with E-state index in [4.69, 9.17) is 0 Å². The summed E-state index contributed by atoms with van der Waals surface area (Å²) >= 11 is 0. The summed E-state index contributed by atoms with van der Waals surface area (Å²) in [7, 11) is 0. The number of hydrogen-bond acceptors (Lipinski definition) is 1. The molecule has 2 aliphatic carbocycles. The molecule has 0 heterocycles. The second-order valence-corrected chi connectivity index (χ2v) is 4.02. The first-order valence-corrected chi connectivity index (χ1v) is 4.52. The summed E-state index contributed by atoms with van der Waals surface area (Å²) < 4.78 is 0. The number of hydrogen-bond donors (Lipinski definition) is 1. The minimum Gasteiger partial charge on any atom is -0.393 e. The fraction of sp³-hybridized carbons (Fsp3) is 1.00. The highest BCUT2D eigenvalue weighted by Gasteiger charge is 2.30. The second kappa shape index (κ2) is 2.54. The molecule has 0 saturated heterocycles. The Balaban J connectivity index is 1.98. The molecular weight excluding hydrogens is 124 g/mol. The predicted molar refractivity (Wildman–Crippen MR) is 40.7 cm³/mol. The maximum Gasteiger partial charge on any atom is 0.0545 e. The summed E-state index contributed by atoms with van der Waals surface area (Å²) in [5, 5.41) is 9.42.